The van der Waals surface area contributed by atoms with Crippen LogP contribution in [0.1, 0.15) is 28.4 Å². The molecule has 0 bridgehead atoms. The maximum absolute atomic E-state index is 12.7. The van der Waals surface area contributed by atoms with Crippen molar-refractivity contribution in [2.45, 2.75) is 20.0 Å². The van der Waals surface area contributed by atoms with Gasteiger partial charge in [-0.25, -0.2) is 0 Å². The van der Waals surface area contributed by atoms with E-state index in [0.717, 1.165) is 23.4 Å². The maximum Gasteiger partial charge on any atom is 0.416 e. The molecule has 0 atom stereocenters. The fourth-order valence-electron chi connectivity index (χ4n) is 2.12. The smallest absolute Gasteiger partial charge is 0.385 e. The first-order valence-electron chi connectivity index (χ1n) is 7.14. The van der Waals surface area contributed by atoms with E-state index in [1.807, 2.05) is 13.8 Å². The third-order valence-electron chi connectivity index (χ3n) is 3.31. The number of hydrogen-bond donors (Lipinski definition) is 2. The van der Waals surface area contributed by atoms with Gasteiger partial charge in [-0.1, -0.05) is 12.1 Å². The molecule has 2 aromatic carbocycles. The number of nitrogens with one attached hydrogen (secondary N) is 2. The summed E-state index contributed by atoms with van der Waals surface area (Å²) in [6, 6.07) is 9.67. The van der Waals surface area contributed by atoms with Crippen LogP contribution in [0.5, 0.6) is 0 Å². The van der Waals surface area contributed by atoms with E-state index in [9.17, 15) is 18.0 Å². The third kappa shape index (κ3) is 4.25. The Kier molecular flexibility index (Phi) is 4.93. The number of carbonyl (C=O) groups excluding carboxylic acids is 1. The molecular weight excluding hydrogens is 305 g/mol. The molecule has 0 spiro atoms. The summed E-state index contributed by atoms with van der Waals surface area (Å²) in [5.74, 6) is -0.455. The van der Waals surface area contributed by atoms with Crippen molar-refractivity contribution in [2.24, 2.45) is 0 Å². The van der Waals surface area contributed by atoms with Crippen LogP contribution in [0.3, 0.4) is 0 Å². The number of benzene rings is 2. The fourth-order valence-corrected chi connectivity index (χ4v) is 2.12. The van der Waals surface area contributed by atoms with Gasteiger partial charge in [0.15, 0.2) is 0 Å². The van der Waals surface area contributed by atoms with Crippen molar-refractivity contribution in [3.05, 3.63) is 59.2 Å². The molecule has 0 saturated heterocycles. The summed E-state index contributed by atoms with van der Waals surface area (Å²) >= 11 is 0. The van der Waals surface area contributed by atoms with Crippen LogP contribution in [0.2, 0.25) is 0 Å². The average Bonchev–Trinajstić information content (AvgIpc) is 2.49. The monoisotopic (exact) mass is 322 g/mol. The van der Waals surface area contributed by atoms with Gasteiger partial charge in [-0.05, 0) is 49.7 Å². The second-order valence-corrected chi connectivity index (χ2v) is 5.09. The quantitative estimate of drug-likeness (QED) is 0.857. The molecule has 0 unspecified atom stereocenters. The van der Waals surface area contributed by atoms with E-state index in [0.29, 0.717) is 12.1 Å². The van der Waals surface area contributed by atoms with Crippen molar-refractivity contribution in [2.75, 3.05) is 17.2 Å². The van der Waals surface area contributed by atoms with E-state index in [1.165, 1.54) is 12.1 Å². The van der Waals surface area contributed by atoms with E-state index >= 15 is 0 Å². The molecule has 0 aliphatic carbocycles. The van der Waals surface area contributed by atoms with Gasteiger partial charge in [0.05, 0.1) is 5.56 Å². The van der Waals surface area contributed by atoms with Crippen LogP contribution in [0, 0.1) is 6.92 Å². The SMILES string of the molecule is CCNc1cc(C(=O)Nc2cccc(C(F)(F)F)c2)ccc1C. The lowest BCUT2D eigenvalue weighted by molar-refractivity contribution is -0.137. The summed E-state index contributed by atoms with van der Waals surface area (Å²) in [6.07, 6.45) is -4.44. The van der Waals surface area contributed by atoms with Crippen molar-refractivity contribution in [3.8, 4) is 0 Å². The zero-order valence-corrected chi connectivity index (χ0v) is 12.8. The summed E-state index contributed by atoms with van der Waals surface area (Å²) in [5, 5.41) is 5.63. The van der Waals surface area contributed by atoms with Crippen molar-refractivity contribution in [3.63, 3.8) is 0 Å². The number of hydrogen-bond acceptors (Lipinski definition) is 2. The number of amides is 1. The van der Waals surface area contributed by atoms with Gasteiger partial charge in [-0.3, -0.25) is 4.79 Å². The standard InChI is InChI=1S/C17H17F3N2O/c1-3-21-15-9-12(8-7-11(15)2)16(23)22-14-6-4-5-13(10-14)17(18,19)20/h4-10,21H,3H2,1-2H3,(H,22,23). The molecule has 0 heterocycles. The molecule has 3 nitrogen and oxygen atoms in total. The molecule has 0 saturated carbocycles. The highest BCUT2D eigenvalue weighted by molar-refractivity contribution is 6.05. The molecule has 122 valence electrons. The van der Waals surface area contributed by atoms with E-state index < -0.39 is 17.6 Å². The molecule has 2 aromatic rings. The molecule has 1 amide bonds. The fraction of sp³-hybridized carbons (Fsp3) is 0.235. The van der Waals surface area contributed by atoms with Gasteiger partial charge in [-0.2, -0.15) is 13.2 Å². The number of alkyl halides is 3. The summed E-state index contributed by atoms with van der Waals surface area (Å²) in [4.78, 5) is 12.2. The molecule has 0 aliphatic heterocycles. The lowest BCUT2D eigenvalue weighted by Crippen LogP contribution is -2.14. The van der Waals surface area contributed by atoms with Gasteiger partial charge in [0.25, 0.3) is 5.91 Å². The van der Waals surface area contributed by atoms with Gasteiger partial charge in [0, 0.05) is 23.5 Å². The molecule has 2 rings (SSSR count). The summed E-state index contributed by atoms with van der Waals surface area (Å²) in [7, 11) is 0. The number of aryl methyl sites for hydroxylation is 1. The Balaban J connectivity index is 2.21. The molecule has 6 heteroatoms. The van der Waals surface area contributed by atoms with E-state index in [2.05, 4.69) is 10.6 Å². The number of halogens is 3. The van der Waals surface area contributed by atoms with Crippen molar-refractivity contribution in [1.29, 1.82) is 0 Å². The number of anilines is 2. The predicted octanol–water partition coefficient (Wildman–Crippen LogP) is 4.70. The lowest BCUT2D eigenvalue weighted by atomic mass is 10.1. The largest absolute Gasteiger partial charge is 0.416 e. The molecule has 0 aliphatic rings. The van der Waals surface area contributed by atoms with Crippen LogP contribution in [0.4, 0.5) is 24.5 Å². The first-order valence-corrected chi connectivity index (χ1v) is 7.14. The normalized spacial score (nSPS) is 11.2. The molecule has 23 heavy (non-hydrogen) atoms. The molecule has 0 fully saturated rings. The highest BCUT2D eigenvalue weighted by Gasteiger charge is 2.30. The van der Waals surface area contributed by atoms with Crippen molar-refractivity contribution < 1.29 is 18.0 Å². The van der Waals surface area contributed by atoms with Gasteiger partial charge in [0.2, 0.25) is 0 Å². The molecular formula is C17H17F3N2O. The minimum absolute atomic E-state index is 0.107. The Bertz CT molecular complexity index is 711. The van der Waals surface area contributed by atoms with Crippen LogP contribution in [0.25, 0.3) is 0 Å². The van der Waals surface area contributed by atoms with E-state index in [-0.39, 0.29) is 5.69 Å². The van der Waals surface area contributed by atoms with E-state index in [4.69, 9.17) is 0 Å². The van der Waals surface area contributed by atoms with Crippen LogP contribution in [0.15, 0.2) is 42.5 Å². The minimum atomic E-state index is -4.44. The Morgan fingerprint density at radius 3 is 2.52 bits per heavy atom. The highest BCUT2D eigenvalue weighted by Crippen LogP contribution is 2.30. The Hall–Kier alpha value is -2.50. The van der Waals surface area contributed by atoms with Crippen LogP contribution in [-0.2, 0) is 6.18 Å². The second-order valence-electron chi connectivity index (χ2n) is 5.09. The predicted molar refractivity (Wildman–Crippen MR) is 84.7 cm³/mol. The van der Waals surface area contributed by atoms with Crippen molar-refractivity contribution in [1.82, 2.24) is 0 Å². The van der Waals surface area contributed by atoms with Gasteiger partial charge in [-0.15, -0.1) is 0 Å². The van der Waals surface area contributed by atoms with Crippen LogP contribution in [-0.4, -0.2) is 12.5 Å². The Morgan fingerprint density at radius 1 is 1.13 bits per heavy atom. The third-order valence-corrected chi connectivity index (χ3v) is 3.31. The Labute approximate surface area is 132 Å². The first-order chi connectivity index (χ1) is 10.8. The van der Waals surface area contributed by atoms with Crippen LogP contribution < -0.4 is 10.6 Å². The number of carbonyl (C=O) groups is 1. The molecule has 0 radical (unpaired) electrons. The zero-order valence-electron chi connectivity index (χ0n) is 12.8. The topological polar surface area (TPSA) is 41.1 Å². The van der Waals surface area contributed by atoms with Gasteiger partial charge < -0.3 is 10.6 Å². The Morgan fingerprint density at radius 2 is 1.87 bits per heavy atom. The zero-order chi connectivity index (χ0) is 17.0. The summed E-state index contributed by atoms with van der Waals surface area (Å²) in [5.41, 5.74) is 1.50. The summed E-state index contributed by atoms with van der Waals surface area (Å²) in [6.45, 7) is 4.56. The van der Waals surface area contributed by atoms with Gasteiger partial charge in [0.1, 0.15) is 0 Å². The summed E-state index contributed by atoms with van der Waals surface area (Å²) < 4.78 is 38.1. The highest BCUT2D eigenvalue weighted by atomic mass is 19.4. The van der Waals surface area contributed by atoms with Crippen LogP contribution >= 0.6 is 0 Å². The van der Waals surface area contributed by atoms with Gasteiger partial charge >= 0.3 is 6.18 Å². The van der Waals surface area contributed by atoms with E-state index in [1.54, 1.807) is 18.2 Å². The first kappa shape index (κ1) is 16.9. The lowest BCUT2D eigenvalue weighted by Gasteiger charge is -2.12. The minimum Gasteiger partial charge on any atom is -0.385 e. The second kappa shape index (κ2) is 6.73. The molecule has 0 aromatic heterocycles. The van der Waals surface area contributed by atoms with Crippen molar-refractivity contribution >= 4 is 17.3 Å². The maximum atomic E-state index is 12.7. The number of rotatable bonds is 4. The molecule has 2 N–H and O–H groups in total. The average molecular weight is 322 g/mol.